The molecule has 0 radical (unpaired) electrons. The van der Waals surface area contributed by atoms with Crippen molar-refractivity contribution >= 4 is 18.0 Å². The van der Waals surface area contributed by atoms with Crippen LogP contribution < -0.4 is 10.6 Å². The number of ether oxygens (including phenoxy) is 1. The standard InChI is InChI=1S/C27H30N2O5/c1-26(2,14-23(30)31)29-24(32)27-12-16(27)11-17(13-27)28-25(33)34-15-22-20-9-5-3-7-18(20)19-8-4-6-10-21(19)22/h3-10,16-17,22H,11-15H2,1-2H3,(H,28,33)(H,29,32)(H,30,31)/t16-,17+,27+/m1/s1. The van der Waals surface area contributed by atoms with E-state index < -0.39 is 23.0 Å². The van der Waals surface area contributed by atoms with Crippen molar-refractivity contribution in [1.82, 2.24) is 10.6 Å². The smallest absolute Gasteiger partial charge is 0.407 e. The fourth-order valence-electron chi connectivity index (χ4n) is 5.95. The molecule has 7 nitrogen and oxygen atoms in total. The summed E-state index contributed by atoms with van der Waals surface area (Å²) in [5.41, 5.74) is 3.38. The lowest BCUT2D eigenvalue weighted by Gasteiger charge is -2.27. The van der Waals surface area contributed by atoms with E-state index in [1.54, 1.807) is 13.8 Å². The summed E-state index contributed by atoms with van der Waals surface area (Å²) in [6.07, 6.45) is 1.47. The first-order valence-corrected chi connectivity index (χ1v) is 11.8. The van der Waals surface area contributed by atoms with Crippen LogP contribution in [0.3, 0.4) is 0 Å². The molecule has 3 aliphatic carbocycles. The van der Waals surface area contributed by atoms with Gasteiger partial charge in [0.05, 0.1) is 11.8 Å². The third-order valence-corrected chi connectivity index (χ3v) is 7.57. The van der Waals surface area contributed by atoms with E-state index in [4.69, 9.17) is 9.84 Å². The first-order valence-electron chi connectivity index (χ1n) is 11.8. The van der Waals surface area contributed by atoms with Gasteiger partial charge in [0.25, 0.3) is 0 Å². The van der Waals surface area contributed by atoms with Gasteiger partial charge in [0.15, 0.2) is 0 Å². The molecule has 0 aromatic heterocycles. The molecule has 2 saturated carbocycles. The summed E-state index contributed by atoms with van der Waals surface area (Å²) in [5, 5.41) is 14.9. The molecule has 34 heavy (non-hydrogen) atoms. The summed E-state index contributed by atoms with van der Waals surface area (Å²) in [6, 6.07) is 16.3. The molecule has 0 bridgehead atoms. The molecular weight excluding hydrogens is 432 g/mol. The molecule has 0 unspecified atom stereocenters. The lowest BCUT2D eigenvalue weighted by Crippen LogP contribution is -2.48. The van der Waals surface area contributed by atoms with Gasteiger partial charge in [-0.1, -0.05) is 48.5 Å². The zero-order valence-corrected chi connectivity index (χ0v) is 19.5. The molecule has 3 N–H and O–H groups in total. The Kier molecular flexibility index (Phi) is 5.38. The van der Waals surface area contributed by atoms with Gasteiger partial charge in [0.2, 0.25) is 5.91 Å². The Balaban J connectivity index is 1.17. The van der Waals surface area contributed by atoms with Crippen LogP contribution in [0, 0.1) is 11.3 Å². The molecule has 2 aromatic rings. The lowest BCUT2D eigenvalue weighted by molar-refractivity contribution is -0.139. The molecule has 0 spiro atoms. The molecule has 2 fully saturated rings. The third kappa shape index (κ3) is 4.04. The van der Waals surface area contributed by atoms with Crippen LogP contribution in [-0.2, 0) is 14.3 Å². The highest BCUT2D eigenvalue weighted by molar-refractivity contribution is 5.88. The Morgan fingerprint density at radius 1 is 1.03 bits per heavy atom. The Labute approximate surface area is 198 Å². The maximum Gasteiger partial charge on any atom is 0.407 e. The number of rotatable bonds is 7. The maximum atomic E-state index is 12.9. The van der Waals surface area contributed by atoms with Crippen LogP contribution in [0.2, 0.25) is 0 Å². The van der Waals surface area contributed by atoms with Crippen LogP contribution >= 0.6 is 0 Å². The molecule has 2 aromatic carbocycles. The van der Waals surface area contributed by atoms with Crippen molar-refractivity contribution in [3.05, 3.63) is 59.7 Å². The van der Waals surface area contributed by atoms with E-state index in [1.165, 1.54) is 22.3 Å². The quantitative estimate of drug-likeness (QED) is 0.576. The molecule has 0 saturated heterocycles. The summed E-state index contributed by atoms with van der Waals surface area (Å²) < 4.78 is 5.65. The second-order valence-corrected chi connectivity index (χ2v) is 10.6. The Morgan fingerprint density at radius 2 is 1.65 bits per heavy atom. The van der Waals surface area contributed by atoms with E-state index in [9.17, 15) is 14.4 Å². The zero-order valence-electron chi connectivity index (χ0n) is 19.5. The van der Waals surface area contributed by atoms with Crippen molar-refractivity contribution in [3.8, 4) is 11.1 Å². The van der Waals surface area contributed by atoms with E-state index in [-0.39, 0.29) is 36.8 Å². The highest BCUT2D eigenvalue weighted by Gasteiger charge is 2.65. The number of benzene rings is 2. The number of nitrogens with one attached hydrogen (secondary N) is 2. The number of carboxylic acid groups (broad SMARTS) is 1. The van der Waals surface area contributed by atoms with Crippen LogP contribution in [-0.4, -0.2) is 41.3 Å². The fraction of sp³-hybridized carbons (Fsp3) is 0.444. The highest BCUT2D eigenvalue weighted by atomic mass is 16.5. The average molecular weight is 463 g/mol. The molecular formula is C27H30N2O5. The van der Waals surface area contributed by atoms with Crippen molar-refractivity contribution in [2.75, 3.05) is 6.61 Å². The summed E-state index contributed by atoms with van der Waals surface area (Å²) in [5.74, 6) is -0.840. The van der Waals surface area contributed by atoms with E-state index >= 15 is 0 Å². The second kappa shape index (κ2) is 8.15. The van der Waals surface area contributed by atoms with Gasteiger partial charge in [-0.2, -0.15) is 0 Å². The summed E-state index contributed by atoms with van der Waals surface area (Å²) >= 11 is 0. The van der Waals surface area contributed by atoms with Crippen molar-refractivity contribution in [2.24, 2.45) is 11.3 Å². The van der Waals surface area contributed by atoms with Gasteiger partial charge in [-0.15, -0.1) is 0 Å². The van der Waals surface area contributed by atoms with E-state index in [0.717, 1.165) is 12.8 Å². The number of fused-ring (bicyclic) bond motifs is 4. The minimum Gasteiger partial charge on any atom is -0.481 e. The van der Waals surface area contributed by atoms with E-state index in [0.29, 0.717) is 6.42 Å². The normalized spacial score (nSPS) is 24.5. The average Bonchev–Trinajstić information content (AvgIpc) is 3.20. The zero-order chi connectivity index (χ0) is 24.1. The largest absolute Gasteiger partial charge is 0.481 e. The third-order valence-electron chi connectivity index (χ3n) is 7.57. The van der Waals surface area contributed by atoms with E-state index in [2.05, 4.69) is 34.9 Å². The van der Waals surface area contributed by atoms with Gasteiger partial charge in [0.1, 0.15) is 6.61 Å². The second-order valence-electron chi connectivity index (χ2n) is 10.6. The van der Waals surface area contributed by atoms with Gasteiger partial charge >= 0.3 is 12.1 Å². The number of carbonyl (C=O) groups excluding carboxylic acids is 2. The minimum atomic E-state index is -0.948. The summed E-state index contributed by atoms with van der Waals surface area (Å²) in [7, 11) is 0. The molecule has 178 valence electrons. The molecule has 0 aliphatic heterocycles. The number of hydrogen-bond acceptors (Lipinski definition) is 4. The molecule has 2 amide bonds. The number of carbonyl (C=O) groups is 3. The van der Waals surface area contributed by atoms with Gasteiger partial charge < -0.3 is 20.5 Å². The monoisotopic (exact) mass is 462 g/mol. The van der Waals surface area contributed by atoms with Crippen molar-refractivity contribution in [3.63, 3.8) is 0 Å². The van der Waals surface area contributed by atoms with Crippen molar-refractivity contribution < 1.29 is 24.2 Å². The fourth-order valence-corrected chi connectivity index (χ4v) is 5.95. The maximum absolute atomic E-state index is 12.9. The van der Waals surface area contributed by atoms with Crippen LogP contribution in [0.4, 0.5) is 4.79 Å². The van der Waals surface area contributed by atoms with Crippen molar-refractivity contribution in [2.45, 2.75) is 57.0 Å². The molecule has 0 heterocycles. The Hall–Kier alpha value is -3.35. The highest BCUT2D eigenvalue weighted by Crippen LogP contribution is 2.63. The van der Waals surface area contributed by atoms with Crippen LogP contribution in [0.1, 0.15) is 56.6 Å². The molecule has 3 atom stereocenters. The predicted molar refractivity (Wildman–Crippen MR) is 126 cm³/mol. The number of aliphatic carboxylic acids is 1. The SMILES string of the molecule is CC(C)(CC(=O)O)NC(=O)[C@@]12C[C@@H](NC(=O)OCC3c4ccccc4-c4ccccc43)C[C@@H]1C2. The topological polar surface area (TPSA) is 105 Å². The first kappa shape index (κ1) is 22.4. The number of alkyl carbamates (subject to hydrolysis) is 1. The minimum absolute atomic E-state index is 0.00344. The van der Waals surface area contributed by atoms with Crippen molar-refractivity contribution in [1.29, 1.82) is 0 Å². The van der Waals surface area contributed by atoms with Gasteiger partial charge in [0, 0.05) is 17.5 Å². The molecule has 5 rings (SSSR count). The number of hydrogen-bond donors (Lipinski definition) is 3. The summed E-state index contributed by atoms with van der Waals surface area (Å²) in [6.45, 7) is 3.69. The Morgan fingerprint density at radius 3 is 2.26 bits per heavy atom. The van der Waals surface area contributed by atoms with Gasteiger partial charge in [-0.25, -0.2) is 4.79 Å². The number of amides is 2. The lowest BCUT2D eigenvalue weighted by atomic mass is 9.96. The van der Waals surface area contributed by atoms with Crippen LogP contribution in [0.5, 0.6) is 0 Å². The Bertz CT molecular complexity index is 1110. The van der Waals surface area contributed by atoms with Gasteiger partial charge in [-0.3, -0.25) is 9.59 Å². The van der Waals surface area contributed by atoms with Crippen LogP contribution in [0.25, 0.3) is 11.1 Å². The molecule has 7 heteroatoms. The van der Waals surface area contributed by atoms with E-state index in [1.807, 2.05) is 24.3 Å². The predicted octanol–water partition coefficient (Wildman–Crippen LogP) is 4.06. The number of carboxylic acids is 1. The first-order chi connectivity index (χ1) is 16.2. The molecule has 3 aliphatic rings. The summed E-state index contributed by atoms with van der Waals surface area (Å²) in [4.78, 5) is 36.6. The van der Waals surface area contributed by atoms with Gasteiger partial charge in [-0.05, 0) is 61.3 Å². The van der Waals surface area contributed by atoms with Crippen LogP contribution in [0.15, 0.2) is 48.5 Å².